The zero-order valence-corrected chi connectivity index (χ0v) is 13.3. The van der Waals surface area contributed by atoms with Crippen LogP contribution in [0.5, 0.6) is 5.75 Å². The lowest BCUT2D eigenvalue weighted by Gasteiger charge is -2.11. The molecule has 0 aromatic heterocycles. The molecule has 0 bridgehead atoms. The Labute approximate surface area is 130 Å². The molecule has 5 nitrogen and oxygen atoms in total. The number of carbonyl (C=O) groups excluding carboxylic acids is 1. The standard InChI is InChI=1S/C12H14IN3O2S/c1-3-6-14-12(19)16-15-11(17)8-4-5-10(18-2)9(13)7-8/h3-5,7H,1,6H2,2H3,(H,15,17)(H2,14,16,19). The van der Waals surface area contributed by atoms with Crippen LogP contribution in [0.2, 0.25) is 0 Å². The zero-order chi connectivity index (χ0) is 14.3. The second kappa shape index (κ2) is 7.95. The van der Waals surface area contributed by atoms with E-state index in [0.717, 1.165) is 9.32 Å². The summed E-state index contributed by atoms with van der Waals surface area (Å²) in [6, 6.07) is 5.15. The van der Waals surface area contributed by atoms with Crippen LogP contribution in [0.4, 0.5) is 0 Å². The van der Waals surface area contributed by atoms with Crippen molar-refractivity contribution >= 4 is 45.8 Å². The molecule has 102 valence electrons. The summed E-state index contributed by atoms with van der Waals surface area (Å²) in [5.41, 5.74) is 5.62. The number of hydrogen-bond donors (Lipinski definition) is 3. The average Bonchev–Trinajstić information content (AvgIpc) is 2.42. The van der Waals surface area contributed by atoms with Gasteiger partial charge in [0, 0.05) is 12.1 Å². The van der Waals surface area contributed by atoms with Crippen molar-refractivity contribution in [2.45, 2.75) is 0 Å². The van der Waals surface area contributed by atoms with Crippen molar-refractivity contribution in [1.29, 1.82) is 0 Å². The van der Waals surface area contributed by atoms with E-state index < -0.39 is 0 Å². The van der Waals surface area contributed by atoms with Gasteiger partial charge in [-0.25, -0.2) is 0 Å². The largest absolute Gasteiger partial charge is 0.496 e. The van der Waals surface area contributed by atoms with Gasteiger partial charge in [0.05, 0.1) is 10.7 Å². The predicted molar refractivity (Wildman–Crippen MR) is 87.1 cm³/mol. The highest BCUT2D eigenvalue weighted by Crippen LogP contribution is 2.21. The number of nitrogens with one attached hydrogen (secondary N) is 3. The van der Waals surface area contributed by atoms with Gasteiger partial charge in [-0.2, -0.15) is 0 Å². The number of hydrogen-bond acceptors (Lipinski definition) is 3. The Morgan fingerprint density at radius 3 is 2.84 bits per heavy atom. The maximum absolute atomic E-state index is 11.8. The number of benzene rings is 1. The molecule has 3 N–H and O–H groups in total. The minimum absolute atomic E-state index is 0.275. The highest BCUT2D eigenvalue weighted by Gasteiger charge is 2.08. The molecule has 0 heterocycles. The molecule has 0 radical (unpaired) electrons. The fourth-order valence-corrected chi connectivity index (χ4v) is 2.07. The first kappa shape index (κ1) is 15.7. The van der Waals surface area contributed by atoms with E-state index in [0.29, 0.717) is 17.2 Å². The molecule has 0 unspecified atom stereocenters. The van der Waals surface area contributed by atoms with Gasteiger partial charge in [-0.3, -0.25) is 15.6 Å². The lowest BCUT2D eigenvalue weighted by Crippen LogP contribution is -2.46. The summed E-state index contributed by atoms with van der Waals surface area (Å²) < 4.78 is 5.99. The molecule has 0 aliphatic rings. The van der Waals surface area contributed by atoms with E-state index in [9.17, 15) is 4.79 Å². The number of thiocarbonyl (C=S) groups is 1. The smallest absolute Gasteiger partial charge is 0.269 e. The Hall–Kier alpha value is -1.35. The molecule has 0 saturated heterocycles. The van der Waals surface area contributed by atoms with Crippen molar-refractivity contribution in [3.8, 4) is 5.75 Å². The second-order valence-corrected chi connectivity index (χ2v) is 5.00. The molecule has 1 rings (SSSR count). The van der Waals surface area contributed by atoms with Crippen LogP contribution in [0, 0.1) is 3.57 Å². The summed E-state index contributed by atoms with van der Waals surface area (Å²) in [6.45, 7) is 4.08. The van der Waals surface area contributed by atoms with Gasteiger partial charge >= 0.3 is 0 Å². The van der Waals surface area contributed by atoms with Gasteiger partial charge in [-0.1, -0.05) is 6.08 Å². The topological polar surface area (TPSA) is 62.4 Å². The van der Waals surface area contributed by atoms with Crippen molar-refractivity contribution in [3.63, 3.8) is 0 Å². The summed E-state index contributed by atoms with van der Waals surface area (Å²) in [6.07, 6.45) is 1.67. The third kappa shape index (κ3) is 5.03. The zero-order valence-electron chi connectivity index (χ0n) is 10.3. The maximum atomic E-state index is 11.8. The summed E-state index contributed by atoms with van der Waals surface area (Å²) >= 11 is 7.05. The highest BCUT2D eigenvalue weighted by molar-refractivity contribution is 14.1. The number of methoxy groups -OCH3 is 1. The van der Waals surface area contributed by atoms with Crippen molar-refractivity contribution in [1.82, 2.24) is 16.2 Å². The number of halogens is 1. The maximum Gasteiger partial charge on any atom is 0.269 e. The van der Waals surface area contributed by atoms with E-state index in [-0.39, 0.29) is 5.91 Å². The van der Waals surface area contributed by atoms with Gasteiger partial charge in [0.1, 0.15) is 5.75 Å². The predicted octanol–water partition coefficient (Wildman–Crippen LogP) is 1.59. The van der Waals surface area contributed by atoms with Crippen LogP contribution in [-0.4, -0.2) is 24.7 Å². The number of rotatable bonds is 4. The molecular weight excluding hydrogens is 377 g/mol. The number of amides is 1. The van der Waals surface area contributed by atoms with Crippen LogP contribution in [0.15, 0.2) is 30.9 Å². The number of ether oxygens (including phenoxy) is 1. The van der Waals surface area contributed by atoms with Crippen LogP contribution in [-0.2, 0) is 0 Å². The lowest BCUT2D eigenvalue weighted by atomic mass is 10.2. The first-order chi connectivity index (χ1) is 9.08. The van der Waals surface area contributed by atoms with Crippen LogP contribution >= 0.6 is 34.8 Å². The van der Waals surface area contributed by atoms with Crippen LogP contribution in [0.25, 0.3) is 0 Å². The van der Waals surface area contributed by atoms with E-state index >= 15 is 0 Å². The van der Waals surface area contributed by atoms with Crippen molar-refractivity contribution in [2.24, 2.45) is 0 Å². The third-order valence-corrected chi connectivity index (χ3v) is 3.20. The first-order valence-corrected chi connectivity index (χ1v) is 6.85. The Balaban J connectivity index is 2.56. The fourth-order valence-electron chi connectivity index (χ4n) is 1.20. The molecular formula is C12H14IN3O2S. The highest BCUT2D eigenvalue weighted by atomic mass is 127. The normalized spacial score (nSPS) is 9.37. The van der Waals surface area contributed by atoms with Crippen molar-refractivity contribution < 1.29 is 9.53 Å². The van der Waals surface area contributed by atoms with Gasteiger partial charge in [-0.15, -0.1) is 6.58 Å². The monoisotopic (exact) mass is 391 g/mol. The van der Waals surface area contributed by atoms with E-state index in [2.05, 4.69) is 45.3 Å². The molecule has 0 saturated carbocycles. The average molecular weight is 391 g/mol. The van der Waals surface area contributed by atoms with Gasteiger partial charge in [0.2, 0.25) is 0 Å². The second-order valence-electron chi connectivity index (χ2n) is 3.43. The third-order valence-electron chi connectivity index (χ3n) is 2.11. The molecule has 1 aromatic carbocycles. The summed E-state index contributed by atoms with van der Waals surface area (Å²) in [5, 5.41) is 3.16. The summed E-state index contributed by atoms with van der Waals surface area (Å²) in [4.78, 5) is 11.8. The molecule has 1 amide bonds. The van der Waals surface area contributed by atoms with Crippen molar-refractivity contribution in [2.75, 3.05) is 13.7 Å². The molecule has 0 aliphatic carbocycles. The van der Waals surface area contributed by atoms with E-state index in [1.165, 1.54) is 0 Å². The Morgan fingerprint density at radius 2 is 2.26 bits per heavy atom. The van der Waals surface area contributed by atoms with E-state index in [1.54, 1.807) is 31.4 Å². The molecule has 0 fully saturated rings. The molecule has 7 heteroatoms. The Kier molecular flexibility index (Phi) is 6.57. The van der Waals surface area contributed by atoms with Gasteiger partial charge in [0.15, 0.2) is 5.11 Å². The van der Waals surface area contributed by atoms with Crippen LogP contribution in [0.3, 0.4) is 0 Å². The van der Waals surface area contributed by atoms with Crippen LogP contribution in [0.1, 0.15) is 10.4 Å². The van der Waals surface area contributed by atoms with Gasteiger partial charge in [0.25, 0.3) is 5.91 Å². The van der Waals surface area contributed by atoms with Gasteiger partial charge in [-0.05, 0) is 53.0 Å². The van der Waals surface area contributed by atoms with E-state index in [4.69, 9.17) is 17.0 Å². The quantitative estimate of drug-likeness (QED) is 0.315. The van der Waals surface area contributed by atoms with Crippen molar-refractivity contribution in [3.05, 3.63) is 40.0 Å². The molecule has 0 spiro atoms. The lowest BCUT2D eigenvalue weighted by molar-refractivity contribution is 0.0943. The molecule has 0 atom stereocenters. The van der Waals surface area contributed by atoms with Crippen LogP contribution < -0.4 is 20.9 Å². The van der Waals surface area contributed by atoms with Gasteiger partial charge < -0.3 is 10.1 Å². The summed E-state index contributed by atoms with van der Waals surface area (Å²) in [7, 11) is 1.59. The summed E-state index contributed by atoms with van der Waals surface area (Å²) in [5.74, 6) is 0.455. The minimum Gasteiger partial charge on any atom is -0.496 e. The first-order valence-electron chi connectivity index (χ1n) is 5.37. The van der Waals surface area contributed by atoms with E-state index in [1.807, 2.05) is 0 Å². The Morgan fingerprint density at radius 1 is 1.53 bits per heavy atom. The molecule has 19 heavy (non-hydrogen) atoms. The minimum atomic E-state index is -0.275. The Bertz CT molecular complexity index is 494. The number of carbonyl (C=O) groups is 1. The SMILES string of the molecule is C=CCNC(=S)NNC(=O)c1ccc(OC)c(I)c1. The molecule has 0 aliphatic heterocycles. The fraction of sp³-hybridized carbons (Fsp3) is 0.167. The molecule has 1 aromatic rings. The number of hydrazine groups is 1.